The second-order valence-corrected chi connectivity index (χ2v) is 6.37. The molecule has 1 heterocycles. The fraction of sp³-hybridized carbons (Fsp3) is 0.273. The normalized spacial score (nSPS) is 11.1. The maximum absolute atomic E-state index is 12.3. The van der Waals surface area contributed by atoms with E-state index in [0.717, 1.165) is 13.6 Å². The minimum Gasteiger partial charge on any atom is -0.283 e. The fourth-order valence-electron chi connectivity index (χ4n) is 1.64. The molecule has 0 N–H and O–H groups in total. The van der Waals surface area contributed by atoms with Gasteiger partial charge >= 0.3 is 0 Å². The van der Waals surface area contributed by atoms with Crippen molar-refractivity contribution in [2.75, 3.05) is 0 Å². The molecule has 0 radical (unpaired) electrons. The molecule has 0 atom stereocenters. The van der Waals surface area contributed by atoms with E-state index >= 15 is 0 Å². The highest BCUT2D eigenvalue weighted by Crippen LogP contribution is 2.21. The second-order valence-electron chi connectivity index (χ2n) is 3.62. The molecule has 90 valence electrons. The van der Waals surface area contributed by atoms with E-state index in [9.17, 15) is 4.79 Å². The summed E-state index contributed by atoms with van der Waals surface area (Å²) >= 11 is 10.4. The lowest BCUT2D eigenvalue weighted by molar-refractivity contribution is 0.649. The molecule has 0 aliphatic rings. The van der Waals surface area contributed by atoms with Crippen LogP contribution in [0.1, 0.15) is 13.3 Å². The van der Waals surface area contributed by atoms with Gasteiger partial charge in [-0.15, -0.1) is 0 Å². The molecule has 1 aromatic carbocycles. The number of hydrogen-bond donors (Lipinski definition) is 0. The fourth-order valence-corrected chi connectivity index (χ4v) is 3.85. The van der Waals surface area contributed by atoms with Gasteiger partial charge in [-0.1, -0.05) is 6.92 Å². The number of nitrogens with zero attached hydrogens (tertiary/aromatic N) is 2. The lowest BCUT2D eigenvalue weighted by Crippen LogP contribution is -2.22. The predicted octanol–water partition coefficient (Wildman–Crippen LogP) is 3.67. The third-order valence-corrected chi connectivity index (χ3v) is 4.11. The van der Waals surface area contributed by atoms with E-state index in [1.807, 2.05) is 19.1 Å². The largest absolute Gasteiger partial charge is 0.283 e. The van der Waals surface area contributed by atoms with Gasteiger partial charge in [0.25, 0.3) is 5.56 Å². The Hall–Kier alpha value is 0.110. The molecule has 0 saturated heterocycles. The van der Waals surface area contributed by atoms with Gasteiger partial charge in [-0.2, -0.15) is 0 Å². The number of hydrogen-bond acceptors (Lipinski definition) is 2. The van der Waals surface area contributed by atoms with Crippen molar-refractivity contribution >= 4 is 67.7 Å². The van der Waals surface area contributed by atoms with Gasteiger partial charge < -0.3 is 0 Å². The molecule has 0 spiro atoms. The van der Waals surface area contributed by atoms with Crippen LogP contribution in [0.5, 0.6) is 0 Å². The van der Waals surface area contributed by atoms with E-state index in [-0.39, 0.29) is 10.8 Å². The van der Waals surface area contributed by atoms with Crippen LogP contribution in [0, 0.1) is 7.14 Å². The van der Waals surface area contributed by atoms with Gasteiger partial charge in [0.05, 0.1) is 10.9 Å². The molecule has 2 aromatic rings. The molecule has 2 rings (SSSR count). The van der Waals surface area contributed by atoms with Crippen molar-refractivity contribution in [1.82, 2.24) is 9.55 Å². The van der Waals surface area contributed by atoms with E-state index < -0.39 is 0 Å². The summed E-state index contributed by atoms with van der Waals surface area (Å²) in [5, 5.41) is 0.905. The summed E-state index contributed by atoms with van der Waals surface area (Å²) in [7, 11) is 0. The van der Waals surface area contributed by atoms with Crippen LogP contribution >= 0.6 is 56.8 Å². The lowest BCUT2D eigenvalue weighted by atomic mass is 10.2. The highest BCUT2D eigenvalue weighted by atomic mass is 127. The van der Waals surface area contributed by atoms with Gasteiger partial charge in [0, 0.05) is 13.7 Å². The Morgan fingerprint density at radius 1 is 1.41 bits per heavy atom. The van der Waals surface area contributed by atoms with Gasteiger partial charge in [0.15, 0.2) is 0 Å². The van der Waals surface area contributed by atoms with E-state index in [1.54, 1.807) is 0 Å². The van der Waals surface area contributed by atoms with Crippen molar-refractivity contribution in [1.29, 1.82) is 0 Å². The third-order valence-electron chi connectivity index (χ3n) is 2.38. The molecular weight excluding hydrogens is 465 g/mol. The summed E-state index contributed by atoms with van der Waals surface area (Å²) in [5.74, 6) is 0. The van der Waals surface area contributed by atoms with Crippen LogP contribution < -0.4 is 5.56 Å². The maximum Gasteiger partial charge on any atom is 0.262 e. The van der Waals surface area contributed by atoms with Gasteiger partial charge in [-0.25, -0.2) is 4.98 Å². The monoisotopic (exact) mass is 474 g/mol. The summed E-state index contributed by atoms with van der Waals surface area (Å²) in [6.45, 7) is 2.61. The average Bonchev–Trinajstić information content (AvgIpc) is 2.26. The molecule has 0 saturated carbocycles. The maximum atomic E-state index is 12.3. The second kappa shape index (κ2) is 5.40. The first-order valence-corrected chi connectivity index (χ1v) is 7.63. The number of rotatable bonds is 2. The van der Waals surface area contributed by atoms with Crippen molar-refractivity contribution in [2.24, 2.45) is 0 Å². The summed E-state index contributed by atoms with van der Waals surface area (Å²) in [4.78, 5) is 16.6. The minimum atomic E-state index is -0.0571. The van der Waals surface area contributed by atoms with Crippen LogP contribution in [-0.2, 0) is 6.54 Å². The van der Waals surface area contributed by atoms with E-state index in [0.29, 0.717) is 17.4 Å². The number of benzene rings is 1. The van der Waals surface area contributed by atoms with Crippen LogP contribution in [0.3, 0.4) is 0 Å². The number of fused-ring (bicyclic) bond motifs is 1. The molecule has 17 heavy (non-hydrogen) atoms. The quantitative estimate of drug-likeness (QED) is 0.492. The van der Waals surface area contributed by atoms with Gasteiger partial charge in [-0.3, -0.25) is 9.36 Å². The predicted molar refractivity (Wildman–Crippen MR) is 86.7 cm³/mol. The standard InChI is InChI=1S/C11H9ClI2N2O/c1-2-3-16-10(17)7-4-6(13)5-8(14)9(7)15-11(16)12/h4-5H,2-3H2,1H3. The smallest absolute Gasteiger partial charge is 0.262 e. The Balaban J connectivity index is 2.87. The first-order chi connectivity index (χ1) is 8.04. The van der Waals surface area contributed by atoms with E-state index in [4.69, 9.17) is 11.6 Å². The molecule has 0 aliphatic carbocycles. The summed E-state index contributed by atoms with van der Waals surface area (Å²) in [6.07, 6.45) is 0.855. The van der Waals surface area contributed by atoms with Crippen molar-refractivity contribution in [3.63, 3.8) is 0 Å². The molecule has 0 fully saturated rings. The number of aromatic nitrogens is 2. The third kappa shape index (κ3) is 2.60. The number of halogens is 3. The SMILES string of the molecule is CCCn1c(Cl)nc2c(I)cc(I)cc2c1=O. The zero-order valence-electron chi connectivity index (χ0n) is 9.01. The first kappa shape index (κ1) is 13.5. The Morgan fingerprint density at radius 2 is 2.12 bits per heavy atom. The highest BCUT2D eigenvalue weighted by molar-refractivity contribution is 14.1. The molecule has 0 aliphatic heterocycles. The van der Waals surface area contributed by atoms with Crippen molar-refractivity contribution in [3.05, 3.63) is 34.9 Å². The van der Waals surface area contributed by atoms with E-state index in [2.05, 4.69) is 50.2 Å². The molecule has 0 unspecified atom stereocenters. The average molecular weight is 474 g/mol. The van der Waals surface area contributed by atoms with Gasteiger partial charge in [0.2, 0.25) is 5.28 Å². The molecule has 3 nitrogen and oxygen atoms in total. The summed E-state index contributed by atoms with van der Waals surface area (Å²) in [5.41, 5.74) is 0.631. The van der Waals surface area contributed by atoms with Gasteiger partial charge in [-0.05, 0) is 75.3 Å². The summed E-state index contributed by atoms with van der Waals surface area (Å²) in [6, 6.07) is 3.84. The van der Waals surface area contributed by atoms with Crippen LogP contribution in [0.15, 0.2) is 16.9 Å². The zero-order valence-corrected chi connectivity index (χ0v) is 14.1. The topological polar surface area (TPSA) is 34.9 Å². The van der Waals surface area contributed by atoms with Gasteiger partial charge in [0.1, 0.15) is 0 Å². The summed E-state index contributed by atoms with van der Waals surface area (Å²) < 4.78 is 3.51. The molecule has 6 heteroatoms. The van der Waals surface area contributed by atoms with E-state index in [1.165, 1.54) is 4.57 Å². The highest BCUT2D eigenvalue weighted by Gasteiger charge is 2.11. The molecule has 0 amide bonds. The molecule has 0 bridgehead atoms. The Labute approximate surface area is 131 Å². The molecule has 1 aromatic heterocycles. The Bertz CT molecular complexity index is 639. The van der Waals surface area contributed by atoms with Crippen molar-refractivity contribution in [3.8, 4) is 0 Å². The first-order valence-electron chi connectivity index (χ1n) is 5.09. The van der Waals surface area contributed by atoms with Crippen LogP contribution in [0.4, 0.5) is 0 Å². The van der Waals surface area contributed by atoms with Crippen LogP contribution in [-0.4, -0.2) is 9.55 Å². The molecular formula is C11H9ClI2N2O. The zero-order chi connectivity index (χ0) is 12.6. The lowest BCUT2D eigenvalue weighted by Gasteiger charge is -2.09. The Kier molecular flexibility index (Phi) is 4.30. The van der Waals surface area contributed by atoms with Crippen molar-refractivity contribution in [2.45, 2.75) is 19.9 Å². The van der Waals surface area contributed by atoms with Crippen molar-refractivity contribution < 1.29 is 0 Å². The Morgan fingerprint density at radius 3 is 2.76 bits per heavy atom. The van der Waals surface area contributed by atoms with Crippen LogP contribution in [0.2, 0.25) is 5.28 Å². The van der Waals surface area contributed by atoms with Crippen LogP contribution in [0.25, 0.3) is 10.9 Å². The minimum absolute atomic E-state index is 0.0571.